The van der Waals surface area contributed by atoms with Crippen LogP contribution in [0.15, 0.2) is 47.6 Å². The highest BCUT2D eigenvalue weighted by Gasteiger charge is 2.17. The molecule has 0 unspecified atom stereocenters. The standard InChI is InChI=1S/C23H29N3O5/c1-15(2)11-18(16-9-7-6-8-10-16)25-26-21(27)14-24-23(28)17-12-19(29-3)22(31-5)20(13-17)30-4/h6-10,12-13,15H,11,14H2,1-5H3,(H,24,28)(H,26,27)/b25-18-. The summed E-state index contributed by atoms with van der Waals surface area (Å²) in [6.45, 7) is 3.93. The van der Waals surface area contributed by atoms with Crippen molar-refractivity contribution in [3.63, 3.8) is 0 Å². The summed E-state index contributed by atoms with van der Waals surface area (Å²) in [5.41, 5.74) is 4.52. The van der Waals surface area contributed by atoms with Gasteiger partial charge in [0.25, 0.3) is 11.8 Å². The van der Waals surface area contributed by atoms with Crippen molar-refractivity contribution in [3.8, 4) is 17.2 Å². The molecule has 0 atom stereocenters. The molecule has 166 valence electrons. The van der Waals surface area contributed by atoms with Gasteiger partial charge in [0, 0.05) is 5.56 Å². The summed E-state index contributed by atoms with van der Waals surface area (Å²) in [6.07, 6.45) is 0.710. The van der Waals surface area contributed by atoms with Crippen LogP contribution in [-0.2, 0) is 4.79 Å². The van der Waals surface area contributed by atoms with Crippen LogP contribution in [0.3, 0.4) is 0 Å². The van der Waals surface area contributed by atoms with Gasteiger partial charge >= 0.3 is 0 Å². The van der Waals surface area contributed by atoms with Crippen LogP contribution in [0.25, 0.3) is 0 Å². The molecule has 0 radical (unpaired) electrons. The molecule has 0 saturated carbocycles. The molecule has 2 amide bonds. The molecule has 2 N–H and O–H groups in total. The fourth-order valence-electron chi connectivity index (χ4n) is 2.89. The van der Waals surface area contributed by atoms with Gasteiger partial charge in [0.15, 0.2) is 11.5 Å². The van der Waals surface area contributed by atoms with E-state index in [-0.39, 0.29) is 12.1 Å². The lowest BCUT2D eigenvalue weighted by atomic mass is 10.0. The SMILES string of the molecule is COc1cc(C(=O)NCC(=O)N/N=C(/CC(C)C)c2ccccc2)cc(OC)c1OC. The Morgan fingerprint density at radius 2 is 1.55 bits per heavy atom. The zero-order chi connectivity index (χ0) is 22.8. The van der Waals surface area contributed by atoms with Crippen molar-refractivity contribution >= 4 is 17.5 Å². The summed E-state index contributed by atoms with van der Waals surface area (Å²) < 4.78 is 15.8. The number of carbonyl (C=O) groups is 2. The molecule has 8 nitrogen and oxygen atoms in total. The maximum Gasteiger partial charge on any atom is 0.259 e. The second kappa shape index (κ2) is 11.6. The molecule has 8 heteroatoms. The molecule has 0 bridgehead atoms. The molecule has 2 aromatic rings. The average Bonchev–Trinajstić information content (AvgIpc) is 2.79. The average molecular weight is 428 g/mol. The molecule has 0 heterocycles. The predicted molar refractivity (Wildman–Crippen MR) is 119 cm³/mol. The largest absolute Gasteiger partial charge is 0.493 e. The summed E-state index contributed by atoms with van der Waals surface area (Å²) in [7, 11) is 4.41. The van der Waals surface area contributed by atoms with Crippen molar-refractivity contribution < 1.29 is 23.8 Å². The number of amides is 2. The lowest BCUT2D eigenvalue weighted by Crippen LogP contribution is -2.35. The fourth-order valence-corrected chi connectivity index (χ4v) is 2.89. The quantitative estimate of drug-likeness (QED) is 0.449. The molecular weight excluding hydrogens is 398 g/mol. The Hall–Kier alpha value is -3.55. The molecule has 0 spiro atoms. The summed E-state index contributed by atoms with van der Waals surface area (Å²) in [4.78, 5) is 24.8. The van der Waals surface area contributed by atoms with Gasteiger partial charge in [-0.05, 0) is 30.0 Å². The maximum absolute atomic E-state index is 12.5. The third-order valence-electron chi connectivity index (χ3n) is 4.36. The lowest BCUT2D eigenvalue weighted by Gasteiger charge is -2.14. The van der Waals surface area contributed by atoms with E-state index >= 15 is 0 Å². The van der Waals surface area contributed by atoms with E-state index < -0.39 is 11.8 Å². The highest BCUT2D eigenvalue weighted by atomic mass is 16.5. The molecule has 2 rings (SSSR count). The molecule has 0 saturated heterocycles. The van der Waals surface area contributed by atoms with Gasteiger partial charge in [0.2, 0.25) is 5.75 Å². The minimum Gasteiger partial charge on any atom is -0.493 e. The number of rotatable bonds is 10. The zero-order valence-corrected chi connectivity index (χ0v) is 18.5. The molecule has 0 aromatic heterocycles. The van der Waals surface area contributed by atoms with E-state index in [9.17, 15) is 9.59 Å². The first-order chi connectivity index (χ1) is 14.9. The van der Waals surface area contributed by atoms with Gasteiger partial charge in [0.1, 0.15) is 0 Å². The van der Waals surface area contributed by atoms with Crippen molar-refractivity contribution in [2.75, 3.05) is 27.9 Å². The van der Waals surface area contributed by atoms with Crippen LogP contribution >= 0.6 is 0 Å². The van der Waals surface area contributed by atoms with E-state index in [0.717, 1.165) is 11.3 Å². The molecule has 31 heavy (non-hydrogen) atoms. The Labute approximate surface area is 182 Å². The number of hydrazone groups is 1. The zero-order valence-electron chi connectivity index (χ0n) is 18.5. The minimum atomic E-state index is -0.455. The number of ether oxygens (including phenoxy) is 3. The van der Waals surface area contributed by atoms with Gasteiger partial charge in [-0.25, -0.2) is 5.43 Å². The second-order valence-electron chi connectivity index (χ2n) is 7.15. The number of methoxy groups -OCH3 is 3. The summed E-state index contributed by atoms with van der Waals surface area (Å²) >= 11 is 0. The number of hydrogen-bond donors (Lipinski definition) is 2. The number of carbonyl (C=O) groups excluding carboxylic acids is 2. The molecule has 0 aliphatic rings. The maximum atomic E-state index is 12.5. The van der Waals surface area contributed by atoms with Gasteiger partial charge in [-0.15, -0.1) is 0 Å². The first-order valence-electron chi connectivity index (χ1n) is 9.88. The smallest absolute Gasteiger partial charge is 0.259 e. The van der Waals surface area contributed by atoms with Crippen molar-refractivity contribution in [1.29, 1.82) is 0 Å². The Balaban J connectivity index is 2.05. The van der Waals surface area contributed by atoms with E-state index in [4.69, 9.17) is 14.2 Å². The van der Waals surface area contributed by atoms with Crippen molar-refractivity contribution in [3.05, 3.63) is 53.6 Å². The van der Waals surface area contributed by atoms with Crippen LogP contribution in [0, 0.1) is 5.92 Å². The summed E-state index contributed by atoms with van der Waals surface area (Å²) in [5.74, 6) is 0.564. The third kappa shape index (κ3) is 6.74. The third-order valence-corrected chi connectivity index (χ3v) is 4.36. The van der Waals surface area contributed by atoms with Gasteiger partial charge in [-0.1, -0.05) is 44.2 Å². The van der Waals surface area contributed by atoms with Gasteiger partial charge < -0.3 is 19.5 Å². The van der Waals surface area contributed by atoms with Crippen LogP contribution < -0.4 is 25.0 Å². The Morgan fingerprint density at radius 1 is 0.935 bits per heavy atom. The Morgan fingerprint density at radius 3 is 2.06 bits per heavy atom. The van der Waals surface area contributed by atoms with E-state index in [0.29, 0.717) is 29.6 Å². The van der Waals surface area contributed by atoms with Crippen molar-refractivity contribution in [2.24, 2.45) is 11.0 Å². The molecule has 0 aliphatic carbocycles. The van der Waals surface area contributed by atoms with Crippen LogP contribution in [0.2, 0.25) is 0 Å². The highest BCUT2D eigenvalue weighted by Crippen LogP contribution is 2.38. The van der Waals surface area contributed by atoms with Gasteiger partial charge in [-0.3, -0.25) is 9.59 Å². The lowest BCUT2D eigenvalue weighted by molar-refractivity contribution is -0.120. The highest BCUT2D eigenvalue weighted by molar-refractivity contribution is 6.01. The molecule has 2 aromatic carbocycles. The molecule has 0 fully saturated rings. The van der Waals surface area contributed by atoms with Gasteiger partial charge in [0.05, 0.1) is 33.6 Å². The Bertz CT molecular complexity index is 901. The van der Waals surface area contributed by atoms with Crippen LogP contribution in [-0.4, -0.2) is 45.4 Å². The molecule has 0 aliphatic heterocycles. The monoisotopic (exact) mass is 427 g/mol. The van der Waals surface area contributed by atoms with Crippen LogP contribution in [0.4, 0.5) is 0 Å². The second-order valence-corrected chi connectivity index (χ2v) is 7.15. The van der Waals surface area contributed by atoms with Crippen LogP contribution in [0.1, 0.15) is 36.2 Å². The topological polar surface area (TPSA) is 98.2 Å². The summed E-state index contributed by atoms with van der Waals surface area (Å²) in [5, 5.41) is 6.84. The van der Waals surface area contributed by atoms with Crippen molar-refractivity contribution in [2.45, 2.75) is 20.3 Å². The predicted octanol–water partition coefficient (Wildman–Crippen LogP) is 3.01. The number of nitrogens with one attached hydrogen (secondary N) is 2. The van der Waals surface area contributed by atoms with Crippen LogP contribution in [0.5, 0.6) is 17.2 Å². The van der Waals surface area contributed by atoms with E-state index in [2.05, 4.69) is 29.7 Å². The number of benzene rings is 2. The summed E-state index contributed by atoms with van der Waals surface area (Å²) in [6, 6.07) is 12.7. The molecular formula is C23H29N3O5. The van der Waals surface area contributed by atoms with E-state index in [1.54, 1.807) is 0 Å². The number of nitrogens with zero attached hydrogens (tertiary/aromatic N) is 1. The Kier molecular flexibility index (Phi) is 8.87. The van der Waals surface area contributed by atoms with E-state index in [1.807, 2.05) is 30.3 Å². The first kappa shape index (κ1) is 23.7. The fraction of sp³-hybridized carbons (Fsp3) is 0.348. The van der Waals surface area contributed by atoms with E-state index in [1.165, 1.54) is 33.5 Å². The normalized spacial score (nSPS) is 11.1. The minimum absolute atomic E-state index is 0.233. The number of hydrogen-bond acceptors (Lipinski definition) is 6. The first-order valence-corrected chi connectivity index (χ1v) is 9.88. The van der Waals surface area contributed by atoms with Gasteiger partial charge in [-0.2, -0.15) is 5.10 Å². The van der Waals surface area contributed by atoms with Crippen molar-refractivity contribution in [1.82, 2.24) is 10.7 Å².